The summed E-state index contributed by atoms with van der Waals surface area (Å²) in [6.07, 6.45) is 9.86. The van der Waals surface area contributed by atoms with Crippen molar-refractivity contribution < 1.29 is 0 Å². The van der Waals surface area contributed by atoms with Crippen LogP contribution in [0.5, 0.6) is 0 Å². The predicted octanol–water partition coefficient (Wildman–Crippen LogP) is 2.78. The molecule has 0 atom stereocenters. The summed E-state index contributed by atoms with van der Waals surface area (Å²) in [7, 11) is 0. The topological polar surface area (TPSA) is 4.93 Å². The molecule has 0 N–H and O–H groups in total. The first-order valence-corrected chi connectivity index (χ1v) is 4.45. The number of nitrogens with zero attached hydrogens (tertiary/aromatic N) is 1. The first-order chi connectivity index (χ1) is 5.31. The van der Waals surface area contributed by atoms with E-state index in [0.29, 0.717) is 5.54 Å². The first-order valence-electron chi connectivity index (χ1n) is 4.45. The molecule has 1 heteroatoms. The van der Waals surface area contributed by atoms with E-state index in [1.54, 1.807) is 0 Å². The van der Waals surface area contributed by atoms with Gasteiger partial charge in [0.1, 0.15) is 0 Å². The number of rotatable bonds is 1. The van der Waals surface area contributed by atoms with Crippen molar-refractivity contribution in [3.05, 3.63) is 24.5 Å². The molecule has 0 spiro atoms. The molecule has 1 nitrogen and oxygen atoms in total. The fraction of sp³-hybridized carbons (Fsp3) is 0.600. The van der Waals surface area contributed by atoms with Gasteiger partial charge in [-0.3, -0.25) is 0 Å². The fourth-order valence-corrected chi connectivity index (χ4v) is 2.09. The van der Waals surface area contributed by atoms with Gasteiger partial charge in [-0.2, -0.15) is 0 Å². The van der Waals surface area contributed by atoms with Gasteiger partial charge >= 0.3 is 0 Å². The van der Waals surface area contributed by atoms with Gasteiger partial charge in [0.25, 0.3) is 0 Å². The van der Waals surface area contributed by atoms with E-state index in [1.807, 2.05) is 0 Å². The predicted molar refractivity (Wildman–Crippen MR) is 46.5 cm³/mol. The molecule has 2 rings (SSSR count). The summed E-state index contributed by atoms with van der Waals surface area (Å²) in [5, 5.41) is 0. The first kappa shape index (κ1) is 6.96. The lowest BCUT2D eigenvalue weighted by atomic mass is 10.0. The summed E-state index contributed by atoms with van der Waals surface area (Å²) < 4.78 is 2.36. The van der Waals surface area contributed by atoms with Crippen molar-refractivity contribution in [2.75, 3.05) is 0 Å². The molecule has 1 aliphatic rings. The largest absolute Gasteiger partial charge is 0.349 e. The van der Waals surface area contributed by atoms with Crippen LogP contribution in [0.4, 0.5) is 0 Å². The van der Waals surface area contributed by atoms with Crippen LogP contribution in [-0.4, -0.2) is 4.57 Å². The van der Waals surface area contributed by atoms with E-state index in [2.05, 4.69) is 36.0 Å². The Morgan fingerprint density at radius 1 is 1.09 bits per heavy atom. The van der Waals surface area contributed by atoms with Gasteiger partial charge in [-0.1, -0.05) is 12.8 Å². The molecule has 1 aromatic heterocycles. The maximum absolute atomic E-state index is 2.36. The van der Waals surface area contributed by atoms with Gasteiger partial charge in [-0.05, 0) is 31.9 Å². The second-order valence-corrected chi connectivity index (χ2v) is 3.79. The van der Waals surface area contributed by atoms with E-state index >= 15 is 0 Å². The third kappa shape index (κ3) is 1.09. The zero-order valence-corrected chi connectivity index (χ0v) is 7.09. The van der Waals surface area contributed by atoms with Gasteiger partial charge in [0.2, 0.25) is 0 Å². The van der Waals surface area contributed by atoms with E-state index in [9.17, 15) is 0 Å². The van der Waals surface area contributed by atoms with E-state index in [-0.39, 0.29) is 0 Å². The maximum Gasteiger partial charge on any atom is 0.0411 e. The summed E-state index contributed by atoms with van der Waals surface area (Å²) in [5.41, 5.74) is 0.434. The van der Waals surface area contributed by atoms with Gasteiger partial charge in [-0.25, -0.2) is 0 Å². The molecule has 11 heavy (non-hydrogen) atoms. The Morgan fingerprint density at radius 2 is 1.64 bits per heavy atom. The highest BCUT2D eigenvalue weighted by molar-refractivity contribution is 4.99. The second-order valence-electron chi connectivity index (χ2n) is 3.79. The van der Waals surface area contributed by atoms with Crippen molar-refractivity contribution in [1.29, 1.82) is 0 Å². The van der Waals surface area contributed by atoms with Gasteiger partial charge in [0.15, 0.2) is 0 Å². The molecule has 1 heterocycles. The second kappa shape index (κ2) is 2.40. The molecule has 1 saturated carbocycles. The van der Waals surface area contributed by atoms with Crippen molar-refractivity contribution >= 4 is 0 Å². The van der Waals surface area contributed by atoms with Crippen LogP contribution in [0.1, 0.15) is 32.6 Å². The minimum atomic E-state index is 0.434. The minimum Gasteiger partial charge on any atom is -0.349 e. The lowest BCUT2D eigenvalue weighted by Crippen LogP contribution is -2.24. The summed E-state index contributed by atoms with van der Waals surface area (Å²) in [6.45, 7) is 2.36. The molecule has 0 unspecified atom stereocenters. The van der Waals surface area contributed by atoms with Crippen LogP contribution in [0.2, 0.25) is 0 Å². The summed E-state index contributed by atoms with van der Waals surface area (Å²) in [5.74, 6) is 0. The molecule has 1 aromatic rings. The molecule has 1 fully saturated rings. The SMILES string of the molecule is CC1(n2cccc2)CCCC1. The zero-order valence-electron chi connectivity index (χ0n) is 7.09. The van der Waals surface area contributed by atoms with Crippen molar-refractivity contribution in [3.8, 4) is 0 Å². The average molecular weight is 149 g/mol. The highest BCUT2D eigenvalue weighted by Crippen LogP contribution is 2.35. The summed E-state index contributed by atoms with van der Waals surface area (Å²) in [4.78, 5) is 0. The minimum absolute atomic E-state index is 0.434. The maximum atomic E-state index is 2.36. The Hall–Kier alpha value is -0.720. The monoisotopic (exact) mass is 149 g/mol. The van der Waals surface area contributed by atoms with Crippen LogP contribution >= 0.6 is 0 Å². The molecule has 60 valence electrons. The highest BCUT2D eigenvalue weighted by Gasteiger charge is 2.29. The van der Waals surface area contributed by atoms with Gasteiger partial charge < -0.3 is 4.57 Å². The van der Waals surface area contributed by atoms with Crippen LogP contribution in [0.3, 0.4) is 0 Å². The number of hydrogen-bond donors (Lipinski definition) is 0. The summed E-state index contributed by atoms with van der Waals surface area (Å²) >= 11 is 0. The van der Waals surface area contributed by atoms with Crippen molar-refractivity contribution in [1.82, 2.24) is 4.57 Å². The lowest BCUT2D eigenvalue weighted by molar-refractivity contribution is 0.330. The number of hydrogen-bond acceptors (Lipinski definition) is 0. The zero-order chi connectivity index (χ0) is 7.73. The fourth-order valence-electron chi connectivity index (χ4n) is 2.09. The van der Waals surface area contributed by atoms with Crippen molar-refractivity contribution in [3.63, 3.8) is 0 Å². The molecule has 1 aliphatic carbocycles. The van der Waals surface area contributed by atoms with Gasteiger partial charge in [-0.15, -0.1) is 0 Å². The summed E-state index contributed by atoms with van der Waals surface area (Å²) in [6, 6.07) is 4.23. The van der Waals surface area contributed by atoms with Crippen LogP contribution in [-0.2, 0) is 5.54 Å². The van der Waals surface area contributed by atoms with Crippen LogP contribution in [0, 0.1) is 0 Å². The molecule has 0 aliphatic heterocycles. The average Bonchev–Trinajstić information content (AvgIpc) is 2.55. The quantitative estimate of drug-likeness (QED) is 0.578. The van der Waals surface area contributed by atoms with E-state index in [0.717, 1.165) is 0 Å². The van der Waals surface area contributed by atoms with E-state index in [4.69, 9.17) is 0 Å². The molecule has 0 aromatic carbocycles. The Kier molecular flexibility index (Phi) is 1.52. The Labute approximate surface area is 68.0 Å². The van der Waals surface area contributed by atoms with Gasteiger partial charge in [0, 0.05) is 17.9 Å². The van der Waals surface area contributed by atoms with Gasteiger partial charge in [0.05, 0.1) is 0 Å². The molecular formula is C10H15N. The molecular weight excluding hydrogens is 134 g/mol. The Morgan fingerprint density at radius 3 is 2.18 bits per heavy atom. The number of aromatic nitrogens is 1. The van der Waals surface area contributed by atoms with E-state index in [1.165, 1.54) is 25.7 Å². The Bertz CT molecular complexity index is 217. The molecule has 0 bridgehead atoms. The molecule has 0 saturated heterocycles. The van der Waals surface area contributed by atoms with Crippen molar-refractivity contribution in [2.45, 2.75) is 38.1 Å². The standard InChI is InChI=1S/C10H15N/c1-10(6-2-3-7-10)11-8-4-5-9-11/h4-5,8-9H,2-3,6-7H2,1H3. The van der Waals surface area contributed by atoms with Crippen LogP contribution in [0.15, 0.2) is 24.5 Å². The van der Waals surface area contributed by atoms with Crippen LogP contribution < -0.4 is 0 Å². The lowest BCUT2D eigenvalue weighted by Gasteiger charge is -2.25. The molecule has 0 amide bonds. The highest BCUT2D eigenvalue weighted by atomic mass is 15.0. The third-order valence-corrected chi connectivity index (χ3v) is 2.91. The Balaban J connectivity index is 2.27. The van der Waals surface area contributed by atoms with Crippen LogP contribution in [0.25, 0.3) is 0 Å². The molecule has 0 radical (unpaired) electrons. The smallest absolute Gasteiger partial charge is 0.0411 e. The van der Waals surface area contributed by atoms with E-state index < -0.39 is 0 Å². The normalized spacial score (nSPS) is 22.3. The van der Waals surface area contributed by atoms with Crippen molar-refractivity contribution in [2.24, 2.45) is 0 Å². The third-order valence-electron chi connectivity index (χ3n) is 2.91.